The molecule has 1 atom stereocenters. The average Bonchev–Trinajstić information content (AvgIpc) is 2.85. The maximum absolute atomic E-state index is 5.93. The molecule has 21 heavy (non-hydrogen) atoms. The van der Waals surface area contributed by atoms with Crippen LogP contribution in [0.4, 0.5) is 5.95 Å². The van der Waals surface area contributed by atoms with Crippen molar-refractivity contribution in [3.8, 4) is 0 Å². The van der Waals surface area contributed by atoms with Crippen molar-refractivity contribution in [2.45, 2.75) is 6.17 Å². The first-order chi connectivity index (χ1) is 10.2. The molecule has 0 radical (unpaired) electrons. The minimum Gasteiger partial charge on any atom is -0.370 e. The summed E-state index contributed by atoms with van der Waals surface area (Å²) in [5.74, 6) is 1.12. The highest BCUT2D eigenvalue weighted by atomic mass is 127. The molecule has 4 rings (SSSR count). The second-order valence-corrected chi connectivity index (χ2v) is 5.99. The van der Waals surface area contributed by atoms with Crippen molar-refractivity contribution in [1.82, 2.24) is 9.55 Å². The molecule has 1 unspecified atom stereocenters. The smallest absolute Gasteiger partial charge is 0.212 e. The van der Waals surface area contributed by atoms with Crippen LogP contribution in [0.2, 0.25) is 0 Å². The van der Waals surface area contributed by atoms with E-state index in [4.69, 9.17) is 5.73 Å². The number of aromatic nitrogens is 2. The quantitative estimate of drug-likeness (QED) is 0.629. The van der Waals surface area contributed by atoms with Gasteiger partial charge in [0.05, 0.1) is 11.0 Å². The van der Waals surface area contributed by atoms with Gasteiger partial charge in [0, 0.05) is 9.13 Å². The molecule has 1 aliphatic heterocycles. The lowest BCUT2D eigenvalue weighted by Crippen LogP contribution is -2.31. The zero-order valence-electron chi connectivity index (χ0n) is 11.0. The van der Waals surface area contributed by atoms with E-state index in [9.17, 15) is 0 Å². The first-order valence-electron chi connectivity index (χ1n) is 6.56. The number of imidazole rings is 1. The van der Waals surface area contributed by atoms with E-state index in [1.54, 1.807) is 0 Å². The highest BCUT2D eigenvalue weighted by Gasteiger charge is 2.25. The van der Waals surface area contributed by atoms with Gasteiger partial charge < -0.3 is 5.73 Å². The second-order valence-electron chi connectivity index (χ2n) is 4.83. The Morgan fingerprint density at radius 1 is 1.10 bits per heavy atom. The summed E-state index contributed by atoms with van der Waals surface area (Å²) in [5.41, 5.74) is 9.02. The van der Waals surface area contributed by atoms with Crippen LogP contribution in [0.15, 0.2) is 53.5 Å². The average molecular weight is 389 g/mol. The highest BCUT2D eigenvalue weighted by Crippen LogP contribution is 2.33. The molecule has 3 N–H and O–H groups in total. The van der Waals surface area contributed by atoms with Crippen LogP contribution in [0.3, 0.4) is 0 Å². The molecule has 0 saturated carbocycles. The van der Waals surface area contributed by atoms with Crippen molar-refractivity contribution in [2.75, 3.05) is 5.32 Å². The molecule has 2 heterocycles. The Hall–Kier alpha value is -2.09. The van der Waals surface area contributed by atoms with Gasteiger partial charge >= 0.3 is 0 Å². The minimum absolute atomic E-state index is 0.193. The van der Waals surface area contributed by atoms with Crippen LogP contribution in [0, 0.1) is 3.57 Å². The largest absolute Gasteiger partial charge is 0.370 e. The van der Waals surface area contributed by atoms with E-state index < -0.39 is 0 Å². The number of nitrogens with zero attached hydrogens (tertiary/aromatic N) is 3. The standard InChI is InChI=1S/C15H12IN5/c16-10-6-2-1-5-9(10)13-19-14(17)20-15-18-11-7-3-4-8-12(11)21(13)15/h1-8,13H,(H3,17,18,19,20). The number of fused-ring (bicyclic) bond motifs is 3. The zero-order chi connectivity index (χ0) is 14.4. The van der Waals surface area contributed by atoms with E-state index in [1.165, 1.54) is 0 Å². The van der Waals surface area contributed by atoms with Crippen LogP contribution in [-0.4, -0.2) is 15.5 Å². The van der Waals surface area contributed by atoms with Crippen LogP contribution in [0.5, 0.6) is 0 Å². The summed E-state index contributed by atoms with van der Waals surface area (Å²) in [6.45, 7) is 0. The first-order valence-corrected chi connectivity index (χ1v) is 7.63. The third-order valence-electron chi connectivity index (χ3n) is 3.53. The number of benzene rings is 2. The Labute approximate surface area is 135 Å². The number of guanidine groups is 1. The van der Waals surface area contributed by atoms with E-state index in [-0.39, 0.29) is 6.17 Å². The molecule has 6 heteroatoms. The van der Waals surface area contributed by atoms with Crippen molar-refractivity contribution in [1.29, 1.82) is 0 Å². The number of aliphatic imine (C=N–C) groups is 1. The Balaban J connectivity index is 2.00. The Morgan fingerprint density at radius 3 is 2.71 bits per heavy atom. The number of anilines is 1. The van der Waals surface area contributed by atoms with Crippen molar-refractivity contribution >= 4 is 45.5 Å². The summed E-state index contributed by atoms with van der Waals surface area (Å²) in [5, 5.41) is 3.05. The van der Waals surface area contributed by atoms with Gasteiger partial charge in [0.1, 0.15) is 0 Å². The van der Waals surface area contributed by atoms with E-state index >= 15 is 0 Å². The number of halogens is 1. The van der Waals surface area contributed by atoms with Gasteiger partial charge in [-0.25, -0.2) is 9.98 Å². The molecule has 0 bridgehead atoms. The van der Waals surface area contributed by atoms with Crippen LogP contribution in [-0.2, 0) is 0 Å². The monoisotopic (exact) mass is 389 g/mol. The van der Waals surface area contributed by atoms with Crippen molar-refractivity contribution in [2.24, 2.45) is 10.7 Å². The van der Waals surface area contributed by atoms with Crippen LogP contribution >= 0.6 is 22.6 Å². The molecular formula is C15H12IN5. The van der Waals surface area contributed by atoms with Gasteiger partial charge in [-0.1, -0.05) is 30.3 Å². The number of para-hydroxylation sites is 2. The molecule has 0 saturated heterocycles. The lowest BCUT2D eigenvalue weighted by molar-refractivity contribution is 0.623. The van der Waals surface area contributed by atoms with Gasteiger partial charge in [-0.15, -0.1) is 0 Å². The SMILES string of the molecule is NC1=NC(c2ccccc2I)n2c(nc3ccccc32)N1. The fourth-order valence-corrected chi connectivity index (χ4v) is 3.28. The molecule has 1 aromatic heterocycles. The fourth-order valence-electron chi connectivity index (χ4n) is 2.61. The van der Waals surface area contributed by atoms with Gasteiger partial charge in [-0.2, -0.15) is 0 Å². The molecule has 0 aliphatic carbocycles. The third kappa shape index (κ3) is 1.98. The maximum atomic E-state index is 5.93. The molecular weight excluding hydrogens is 377 g/mol. The van der Waals surface area contributed by atoms with Crippen LogP contribution in [0.1, 0.15) is 11.7 Å². The topological polar surface area (TPSA) is 68.2 Å². The molecule has 3 aromatic rings. The summed E-state index contributed by atoms with van der Waals surface area (Å²) in [6.07, 6.45) is -0.193. The van der Waals surface area contributed by atoms with Crippen molar-refractivity contribution in [3.05, 3.63) is 57.7 Å². The first kappa shape index (κ1) is 12.6. The van der Waals surface area contributed by atoms with E-state index in [1.807, 2.05) is 36.4 Å². The summed E-state index contributed by atoms with van der Waals surface area (Å²) < 4.78 is 3.24. The number of hydrogen-bond acceptors (Lipinski definition) is 4. The molecule has 0 fully saturated rings. The highest BCUT2D eigenvalue weighted by molar-refractivity contribution is 14.1. The normalized spacial score (nSPS) is 17.2. The lowest BCUT2D eigenvalue weighted by Gasteiger charge is -2.24. The van der Waals surface area contributed by atoms with Gasteiger partial charge in [0.25, 0.3) is 0 Å². The number of rotatable bonds is 1. The molecule has 0 amide bonds. The lowest BCUT2D eigenvalue weighted by atomic mass is 10.1. The summed E-state index contributed by atoms with van der Waals surface area (Å²) in [4.78, 5) is 9.18. The molecule has 0 spiro atoms. The molecule has 104 valence electrons. The van der Waals surface area contributed by atoms with Crippen LogP contribution in [0.25, 0.3) is 11.0 Å². The number of nitrogens with one attached hydrogen (secondary N) is 1. The zero-order valence-corrected chi connectivity index (χ0v) is 13.2. The maximum Gasteiger partial charge on any atom is 0.212 e. The van der Waals surface area contributed by atoms with Gasteiger partial charge in [-0.3, -0.25) is 9.88 Å². The molecule has 1 aliphatic rings. The summed E-state index contributed by atoms with van der Waals surface area (Å²) in [7, 11) is 0. The van der Waals surface area contributed by atoms with Gasteiger partial charge in [-0.05, 0) is 40.8 Å². The summed E-state index contributed by atoms with van der Waals surface area (Å²) >= 11 is 2.33. The van der Waals surface area contributed by atoms with E-state index in [0.717, 1.165) is 26.1 Å². The third-order valence-corrected chi connectivity index (χ3v) is 4.51. The Morgan fingerprint density at radius 2 is 1.86 bits per heavy atom. The minimum atomic E-state index is -0.193. The summed E-state index contributed by atoms with van der Waals surface area (Å²) in [6, 6.07) is 16.2. The van der Waals surface area contributed by atoms with Gasteiger partial charge in [0.15, 0.2) is 12.1 Å². The predicted octanol–water partition coefficient (Wildman–Crippen LogP) is 2.93. The molecule has 5 nitrogen and oxygen atoms in total. The van der Waals surface area contributed by atoms with Gasteiger partial charge in [0.2, 0.25) is 5.95 Å². The number of nitrogens with two attached hydrogens (primary N) is 1. The number of hydrogen-bond donors (Lipinski definition) is 2. The second kappa shape index (κ2) is 4.73. The van der Waals surface area contributed by atoms with E-state index in [0.29, 0.717) is 5.96 Å². The van der Waals surface area contributed by atoms with E-state index in [2.05, 4.69) is 54.6 Å². The van der Waals surface area contributed by atoms with Crippen molar-refractivity contribution < 1.29 is 0 Å². The molecule has 2 aromatic carbocycles. The Kier molecular flexibility index (Phi) is 2.85. The predicted molar refractivity (Wildman–Crippen MR) is 92.3 cm³/mol. The van der Waals surface area contributed by atoms with Crippen molar-refractivity contribution in [3.63, 3.8) is 0 Å². The fraction of sp³-hybridized carbons (Fsp3) is 0.0667. The Bertz CT molecular complexity index is 867. The van der Waals surface area contributed by atoms with Crippen LogP contribution < -0.4 is 11.1 Å².